The number of nitrogens with zero attached hydrogens (tertiary/aromatic N) is 1. The van der Waals surface area contributed by atoms with Crippen molar-refractivity contribution in [2.24, 2.45) is 0 Å². The summed E-state index contributed by atoms with van der Waals surface area (Å²) < 4.78 is 11.5. The molecule has 0 N–H and O–H groups in total. The van der Waals surface area contributed by atoms with Crippen molar-refractivity contribution in [2.45, 2.75) is 52.6 Å². The molecule has 0 fully saturated rings. The van der Waals surface area contributed by atoms with Gasteiger partial charge in [0.2, 0.25) is 0 Å². The topological polar surface area (TPSA) is 21.7 Å². The zero-order chi connectivity index (χ0) is 16.8. The van der Waals surface area contributed by atoms with E-state index in [4.69, 9.17) is 9.47 Å². The van der Waals surface area contributed by atoms with Crippen molar-refractivity contribution < 1.29 is 9.47 Å². The summed E-state index contributed by atoms with van der Waals surface area (Å²) in [6.07, 6.45) is 0. The van der Waals surface area contributed by atoms with Crippen molar-refractivity contribution in [2.75, 3.05) is 33.4 Å². The first kappa shape index (κ1) is 19.0. The molecule has 0 aliphatic rings. The van der Waals surface area contributed by atoms with Gasteiger partial charge < -0.3 is 14.4 Å². The number of hydrogen-bond donors (Lipinski definition) is 0. The van der Waals surface area contributed by atoms with Crippen LogP contribution in [-0.2, 0) is 10.2 Å². The van der Waals surface area contributed by atoms with Crippen molar-refractivity contribution in [1.29, 1.82) is 0 Å². The average molecular weight is 307 g/mol. The van der Waals surface area contributed by atoms with E-state index in [9.17, 15) is 0 Å². The standard InChI is InChI=1S/C19H33NO2/c1-18(2,3)16-8-10-17(11-9-16)21-14-12-20(7)13-15-22-19(4,5)6/h8-11H,12-15H2,1-7H3. The van der Waals surface area contributed by atoms with Crippen LogP contribution in [0.4, 0.5) is 0 Å². The van der Waals surface area contributed by atoms with E-state index in [1.54, 1.807) is 0 Å². The van der Waals surface area contributed by atoms with Gasteiger partial charge in [0.15, 0.2) is 0 Å². The highest BCUT2D eigenvalue weighted by Gasteiger charge is 2.13. The molecule has 22 heavy (non-hydrogen) atoms. The maximum Gasteiger partial charge on any atom is 0.119 e. The monoisotopic (exact) mass is 307 g/mol. The van der Waals surface area contributed by atoms with Gasteiger partial charge in [-0.15, -0.1) is 0 Å². The molecule has 0 atom stereocenters. The summed E-state index contributed by atoms with van der Waals surface area (Å²) in [5.74, 6) is 0.937. The zero-order valence-electron chi connectivity index (χ0n) is 15.4. The van der Waals surface area contributed by atoms with Gasteiger partial charge in [-0.25, -0.2) is 0 Å². The second-order valence-electron chi connectivity index (χ2n) is 7.89. The SMILES string of the molecule is CN(CCOc1ccc(C(C)(C)C)cc1)CCOC(C)(C)C. The molecule has 0 unspecified atom stereocenters. The predicted molar refractivity (Wildman–Crippen MR) is 93.8 cm³/mol. The van der Waals surface area contributed by atoms with Crippen LogP contribution in [0.3, 0.4) is 0 Å². The molecule has 0 saturated carbocycles. The summed E-state index contributed by atoms with van der Waals surface area (Å²) in [6.45, 7) is 16.2. The van der Waals surface area contributed by atoms with Gasteiger partial charge >= 0.3 is 0 Å². The number of likely N-dealkylation sites (N-methyl/N-ethyl adjacent to an activating group) is 1. The van der Waals surface area contributed by atoms with Crippen molar-refractivity contribution in [3.63, 3.8) is 0 Å². The Morgan fingerprint density at radius 3 is 1.91 bits per heavy atom. The zero-order valence-corrected chi connectivity index (χ0v) is 15.4. The summed E-state index contributed by atoms with van der Waals surface area (Å²) in [4.78, 5) is 2.23. The Hall–Kier alpha value is -1.06. The number of rotatable bonds is 7. The quantitative estimate of drug-likeness (QED) is 0.756. The highest BCUT2D eigenvalue weighted by molar-refractivity contribution is 5.31. The molecule has 0 amide bonds. The van der Waals surface area contributed by atoms with Gasteiger partial charge in [-0.1, -0.05) is 32.9 Å². The summed E-state index contributed by atoms with van der Waals surface area (Å²) in [6, 6.07) is 8.42. The second kappa shape index (κ2) is 7.98. The first-order chi connectivity index (χ1) is 10.1. The van der Waals surface area contributed by atoms with Crippen LogP contribution in [0.15, 0.2) is 24.3 Å². The lowest BCUT2D eigenvalue weighted by Crippen LogP contribution is -2.30. The summed E-state index contributed by atoms with van der Waals surface area (Å²) in [5, 5.41) is 0. The van der Waals surface area contributed by atoms with Gasteiger partial charge in [0.1, 0.15) is 12.4 Å². The van der Waals surface area contributed by atoms with Crippen LogP contribution in [0.25, 0.3) is 0 Å². The first-order valence-electron chi connectivity index (χ1n) is 8.14. The molecule has 0 aromatic heterocycles. The van der Waals surface area contributed by atoms with Crippen molar-refractivity contribution >= 4 is 0 Å². The molecule has 1 aromatic carbocycles. The summed E-state index contributed by atoms with van der Waals surface area (Å²) in [7, 11) is 2.10. The van der Waals surface area contributed by atoms with E-state index < -0.39 is 0 Å². The summed E-state index contributed by atoms with van der Waals surface area (Å²) >= 11 is 0. The minimum Gasteiger partial charge on any atom is -0.492 e. The fourth-order valence-corrected chi connectivity index (χ4v) is 1.99. The molecular formula is C19H33NO2. The first-order valence-corrected chi connectivity index (χ1v) is 8.14. The third kappa shape index (κ3) is 7.81. The molecule has 3 heteroatoms. The fraction of sp³-hybridized carbons (Fsp3) is 0.684. The van der Waals surface area contributed by atoms with Gasteiger partial charge in [0, 0.05) is 13.1 Å². The normalized spacial score (nSPS) is 12.7. The van der Waals surface area contributed by atoms with Gasteiger partial charge in [0.25, 0.3) is 0 Å². The van der Waals surface area contributed by atoms with Gasteiger partial charge in [-0.3, -0.25) is 0 Å². The van der Waals surface area contributed by atoms with Crippen LogP contribution in [0, 0.1) is 0 Å². The molecule has 1 aromatic rings. The highest BCUT2D eigenvalue weighted by Crippen LogP contribution is 2.24. The van der Waals surface area contributed by atoms with E-state index in [2.05, 4.69) is 77.8 Å². The van der Waals surface area contributed by atoms with Gasteiger partial charge in [0.05, 0.1) is 12.2 Å². The Morgan fingerprint density at radius 2 is 1.41 bits per heavy atom. The molecule has 0 bridgehead atoms. The highest BCUT2D eigenvalue weighted by atomic mass is 16.5. The summed E-state index contributed by atoms with van der Waals surface area (Å²) in [5.41, 5.74) is 1.45. The van der Waals surface area contributed by atoms with Crippen LogP contribution in [0.2, 0.25) is 0 Å². The van der Waals surface area contributed by atoms with E-state index in [1.165, 1.54) is 5.56 Å². The number of benzene rings is 1. The van der Waals surface area contributed by atoms with E-state index in [0.717, 1.165) is 25.4 Å². The van der Waals surface area contributed by atoms with Crippen LogP contribution < -0.4 is 4.74 Å². The minimum atomic E-state index is -0.0634. The molecule has 0 aliphatic carbocycles. The fourth-order valence-electron chi connectivity index (χ4n) is 1.99. The molecule has 0 aliphatic heterocycles. The smallest absolute Gasteiger partial charge is 0.119 e. The lowest BCUT2D eigenvalue weighted by atomic mass is 9.87. The molecule has 126 valence electrons. The Balaban J connectivity index is 2.26. The third-order valence-corrected chi connectivity index (χ3v) is 3.47. The predicted octanol–water partition coefficient (Wildman–Crippen LogP) is 4.11. The van der Waals surface area contributed by atoms with E-state index in [1.807, 2.05) is 0 Å². The minimum absolute atomic E-state index is 0.0634. The number of hydrogen-bond acceptors (Lipinski definition) is 3. The van der Waals surface area contributed by atoms with E-state index in [-0.39, 0.29) is 11.0 Å². The Bertz CT molecular complexity index is 426. The van der Waals surface area contributed by atoms with E-state index >= 15 is 0 Å². The van der Waals surface area contributed by atoms with Gasteiger partial charge in [-0.05, 0) is 50.9 Å². The van der Waals surface area contributed by atoms with Crippen molar-refractivity contribution in [1.82, 2.24) is 4.90 Å². The Labute approximate surface area is 136 Å². The molecule has 0 spiro atoms. The molecule has 3 nitrogen and oxygen atoms in total. The van der Waals surface area contributed by atoms with Crippen LogP contribution in [0.5, 0.6) is 5.75 Å². The second-order valence-corrected chi connectivity index (χ2v) is 7.89. The molecule has 0 radical (unpaired) electrons. The Morgan fingerprint density at radius 1 is 0.864 bits per heavy atom. The third-order valence-electron chi connectivity index (χ3n) is 3.47. The lowest BCUT2D eigenvalue weighted by molar-refractivity contribution is -0.0114. The van der Waals surface area contributed by atoms with Crippen LogP contribution in [-0.4, -0.2) is 43.9 Å². The molecular weight excluding hydrogens is 274 g/mol. The van der Waals surface area contributed by atoms with Crippen LogP contribution in [0.1, 0.15) is 47.1 Å². The average Bonchev–Trinajstić information content (AvgIpc) is 2.36. The van der Waals surface area contributed by atoms with Gasteiger partial charge in [-0.2, -0.15) is 0 Å². The largest absolute Gasteiger partial charge is 0.492 e. The maximum absolute atomic E-state index is 5.81. The van der Waals surface area contributed by atoms with Crippen molar-refractivity contribution in [3.8, 4) is 5.75 Å². The van der Waals surface area contributed by atoms with Crippen LogP contribution >= 0.6 is 0 Å². The number of ether oxygens (including phenoxy) is 2. The van der Waals surface area contributed by atoms with Crippen molar-refractivity contribution in [3.05, 3.63) is 29.8 Å². The Kier molecular flexibility index (Phi) is 6.89. The molecule has 0 heterocycles. The maximum atomic E-state index is 5.81. The van der Waals surface area contributed by atoms with E-state index in [0.29, 0.717) is 6.61 Å². The molecule has 0 saturated heterocycles. The molecule has 1 rings (SSSR count). The lowest BCUT2D eigenvalue weighted by Gasteiger charge is -2.23.